The second-order valence-corrected chi connectivity index (χ2v) is 6.02. The predicted octanol–water partition coefficient (Wildman–Crippen LogP) is 0.574. The zero-order valence-electron chi connectivity index (χ0n) is 12.9. The van der Waals surface area contributed by atoms with E-state index >= 15 is 0 Å². The number of carbonyl (C=O) groups is 1. The molecule has 0 saturated heterocycles. The molecule has 126 valence electrons. The summed E-state index contributed by atoms with van der Waals surface area (Å²) in [6.45, 7) is -0.186. The van der Waals surface area contributed by atoms with Gasteiger partial charge in [-0.1, -0.05) is 0 Å². The largest absolute Gasteiger partial charge is 0.309 e. The standard InChI is InChI=1S/C14H11BrN8O2/c1-21-13-11(12(15)20-21)14(25)22(7-17-13)6-10(24)19-9-2-4-16-8-3-5-18-23(8)9/h2-5,7H,6H2,1H3,(H,19,24). The Hall–Kier alpha value is -3.08. The van der Waals surface area contributed by atoms with Crippen molar-refractivity contribution in [1.82, 2.24) is 33.9 Å². The van der Waals surface area contributed by atoms with Gasteiger partial charge in [-0.3, -0.25) is 14.2 Å². The molecule has 0 aliphatic heterocycles. The Morgan fingerprint density at radius 1 is 1.28 bits per heavy atom. The highest BCUT2D eigenvalue weighted by Crippen LogP contribution is 2.16. The smallest absolute Gasteiger partial charge is 0.266 e. The molecule has 4 aromatic heterocycles. The van der Waals surface area contributed by atoms with Crippen molar-refractivity contribution in [3.05, 3.63) is 45.8 Å². The Bertz CT molecular complexity index is 1170. The van der Waals surface area contributed by atoms with Crippen LogP contribution in [0.5, 0.6) is 0 Å². The quantitative estimate of drug-likeness (QED) is 0.536. The van der Waals surface area contributed by atoms with E-state index in [1.807, 2.05) is 0 Å². The number of aryl methyl sites for hydroxylation is 1. The van der Waals surface area contributed by atoms with Gasteiger partial charge in [-0.15, -0.1) is 0 Å². The lowest BCUT2D eigenvalue weighted by molar-refractivity contribution is -0.116. The Morgan fingerprint density at radius 3 is 2.96 bits per heavy atom. The molecular weight excluding hydrogens is 392 g/mol. The lowest BCUT2D eigenvalue weighted by Crippen LogP contribution is -2.28. The van der Waals surface area contributed by atoms with Gasteiger partial charge in [-0.2, -0.15) is 14.7 Å². The third-order valence-corrected chi connectivity index (χ3v) is 4.20. The van der Waals surface area contributed by atoms with Crippen LogP contribution in [0.4, 0.5) is 5.82 Å². The maximum absolute atomic E-state index is 12.6. The van der Waals surface area contributed by atoms with Gasteiger partial charge in [0.1, 0.15) is 28.7 Å². The third-order valence-electron chi connectivity index (χ3n) is 3.64. The van der Waals surface area contributed by atoms with E-state index in [0.29, 0.717) is 27.1 Å². The van der Waals surface area contributed by atoms with E-state index in [2.05, 4.69) is 41.4 Å². The van der Waals surface area contributed by atoms with Gasteiger partial charge in [0, 0.05) is 19.3 Å². The highest BCUT2D eigenvalue weighted by Gasteiger charge is 2.15. The van der Waals surface area contributed by atoms with Crippen LogP contribution in [0, 0.1) is 0 Å². The fourth-order valence-corrected chi connectivity index (χ4v) is 3.10. The van der Waals surface area contributed by atoms with Gasteiger partial charge in [0.05, 0.1) is 6.20 Å². The number of hydrogen-bond donors (Lipinski definition) is 1. The highest BCUT2D eigenvalue weighted by atomic mass is 79.9. The van der Waals surface area contributed by atoms with Gasteiger partial charge in [0.25, 0.3) is 5.56 Å². The first-order valence-corrected chi connectivity index (χ1v) is 8.00. The van der Waals surface area contributed by atoms with Crippen molar-refractivity contribution in [2.24, 2.45) is 7.05 Å². The summed E-state index contributed by atoms with van der Waals surface area (Å²) in [5.74, 6) is 0.0795. The maximum Gasteiger partial charge on any atom is 0.266 e. The fourth-order valence-electron chi connectivity index (χ4n) is 2.51. The maximum atomic E-state index is 12.6. The normalized spacial score (nSPS) is 11.3. The molecule has 0 saturated carbocycles. The van der Waals surface area contributed by atoms with E-state index in [-0.39, 0.29) is 18.0 Å². The van der Waals surface area contributed by atoms with E-state index in [9.17, 15) is 9.59 Å². The Morgan fingerprint density at radius 2 is 2.12 bits per heavy atom. The number of amides is 1. The summed E-state index contributed by atoms with van der Waals surface area (Å²) in [4.78, 5) is 33.2. The minimum absolute atomic E-state index is 0.186. The van der Waals surface area contributed by atoms with Crippen molar-refractivity contribution >= 4 is 44.3 Å². The average molecular weight is 403 g/mol. The summed E-state index contributed by atoms with van der Waals surface area (Å²) < 4.78 is 4.62. The van der Waals surface area contributed by atoms with Crippen LogP contribution in [0.25, 0.3) is 16.7 Å². The molecule has 1 N–H and O–H groups in total. The number of nitrogens with one attached hydrogen (secondary N) is 1. The molecular formula is C14H11BrN8O2. The summed E-state index contributed by atoms with van der Waals surface area (Å²) in [6.07, 6.45) is 4.48. The van der Waals surface area contributed by atoms with E-state index < -0.39 is 0 Å². The first-order chi connectivity index (χ1) is 12.0. The first kappa shape index (κ1) is 15.4. The van der Waals surface area contributed by atoms with E-state index in [1.165, 1.54) is 20.1 Å². The highest BCUT2D eigenvalue weighted by molar-refractivity contribution is 9.10. The number of hydrogen-bond acceptors (Lipinski definition) is 6. The third kappa shape index (κ3) is 2.58. The second kappa shape index (κ2) is 5.77. The number of rotatable bonds is 3. The monoisotopic (exact) mass is 402 g/mol. The first-order valence-electron chi connectivity index (χ1n) is 7.21. The van der Waals surface area contributed by atoms with Crippen molar-refractivity contribution < 1.29 is 4.79 Å². The molecule has 0 fully saturated rings. The molecule has 0 bridgehead atoms. The van der Waals surface area contributed by atoms with Gasteiger partial charge in [0.15, 0.2) is 11.3 Å². The van der Waals surface area contributed by atoms with Crippen molar-refractivity contribution in [2.75, 3.05) is 5.32 Å². The SMILES string of the molecule is Cn1nc(Br)c2c(=O)n(CC(=O)Nc3ccnc4ccnn34)cnc21. The molecule has 4 heterocycles. The number of fused-ring (bicyclic) bond motifs is 2. The molecule has 10 nitrogen and oxygen atoms in total. The summed E-state index contributed by atoms with van der Waals surface area (Å²) >= 11 is 3.24. The van der Waals surface area contributed by atoms with Crippen LogP contribution in [0.1, 0.15) is 0 Å². The van der Waals surface area contributed by atoms with Crippen LogP contribution in [-0.2, 0) is 18.4 Å². The van der Waals surface area contributed by atoms with Crippen LogP contribution in [0.3, 0.4) is 0 Å². The van der Waals surface area contributed by atoms with Crippen molar-refractivity contribution in [2.45, 2.75) is 6.54 Å². The van der Waals surface area contributed by atoms with Crippen LogP contribution in [0.15, 0.2) is 40.3 Å². The van der Waals surface area contributed by atoms with Gasteiger partial charge in [-0.25, -0.2) is 14.6 Å². The molecule has 0 spiro atoms. The number of carbonyl (C=O) groups excluding carboxylic acids is 1. The van der Waals surface area contributed by atoms with Crippen LogP contribution < -0.4 is 10.9 Å². The molecule has 0 atom stereocenters. The Balaban J connectivity index is 1.64. The number of nitrogens with zero attached hydrogens (tertiary/aromatic N) is 7. The lowest BCUT2D eigenvalue weighted by Gasteiger charge is -2.08. The van der Waals surface area contributed by atoms with Gasteiger partial charge in [0.2, 0.25) is 5.91 Å². The second-order valence-electron chi connectivity index (χ2n) is 5.27. The fraction of sp³-hybridized carbons (Fsp3) is 0.143. The molecule has 11 heteroatoms. The molecule has 4 rings (SSSR count). The van der Waals surface area contributed by atoms with Gasteiger partial charge in [-0.05, 0) is 22.0 Å². The molecule has 1 amide bonds. The molecule has 0 aliphatic carbocycles. The molecule has 25 heavy (non-hydrogen) atoms. The van der Waals surface area contributed by atoms with Crippen molar-refractivity contribution in [3.63, 3.8) is 0 Å². The molecule has 0 radical (unpaired) electrons. The Kier molecular flexibility index (Phi) is 3.57. The minimum Gasteiger partial charge on any atom is -0.309 e. The van der Waals surface area contributed by atoms with Gasteiger partial charge < -0.3 is 5.32 Å². The van der Waals surface area contributed by atoms with Crippen molar-refractivity contribution in [1.29, 1.82) is 0 Å². The summed E-state index contributed by atoms with van der Waals surface area (Å²) in [6, 6.07) is 3.34. The van der Waals surface area contributed by atoms with Crippen LogP contribution in [-0.4, -0.2) is 39.8 Å². The number of aromatic nitrogens is 7. The number of anilines is 1. The molecule has 0 aromatic carbocycles. The van der Waals surface area contributed by atoms with E-state index in [0.717, 1.165) is 0 Å². The summed E-state index contributed by atoms with van der Waals surface area (Å²) in [5, 5.41) is 11.2. The van der Waals surface area contributed by atoms with Crippen LogP contribution >= 0.6 is 15.9 Å². The molecule has 0 unspecified atom stereocenters. The zero-order chi connectivity index (χ0) is 17.6. The zero-order valence-corrected chi connectivity index (χ0v) is 14.5. The van der Waals surface area contributed by atoms with Crippen molar-refractivity contribution in [3.8, 4) is 0 Å². The number of halogens is 1. The van der Waals surface area contributed by atoms with Crippen LogP contribution in [0.2, 0.25) is 0 Å². The lowest BCUT2D eigenvalue weighted by atomic mass is 10.4. The van der Waals surface area contributed by atoms with E-state index in [4.69, 9.17) is 0 Å². The average Bonchev–Trinajstić information content (AvgIpc) is 3.16. The Labute approximate surface area is 148 Å². The summed E-state index contributed by atoms with van der Waals surface area (Å²) in [7, 11) is 1.69. The van der Waals surface area contributed by atoms with Gasteiger partial charge >= 0.3 is 0 Å². The summed E-state index contributed by atoms with van der Waals surface area (Å²) in [5.41, 5.74) is 0.706. The molecule has 0 aliphatic rings. The molecule has 4 aromatic rings. The minimum atomic E-state index is -0.383. The predicted molar refractivity (Wildman–Crippen MR) is 92.1 cm³/mol. The topological polar surface area (TPSA) is 112 Å². The van der Waals surface area contributed by atoms with E-state index in [1.54, 1.807) is 31.6 Å².